The number of carbonyl (C=O) groups excluding carboxylic acids is 2. The van der Waals surface area contributed by atoms with Gasteiger partial charge < -0.3 is 14.2 Å². The number of hydrogen-bond donors (Lipinski definition) is 0. The number of esters is 1. The normalized spacial score (nSPS) is 12.7. The molecule has 106 valence electrons. The van der Waals surface area contributed by atoms with Crippen LogP contribution in [0, 0.1) is 0 Å². The molecule has 0 spiro atoms. The van der Waals surface area contributed by atoms with Gasteiger partial charge in [-0.3, -0.25) is 0 Å². The van der Waals surface area contributed by atoms with Crippen molar-refractivity contribution >= 4 is 12.1 Å². The molecule has 0 saturated heterocycles. The van der Waals surface area contributed by atoms with Gasteiger partial charge in [0.15, 0.2) is 0 Å². The summed E-state index contributed by atoms with van der Waals surface area (Å²) in [6.45, 7) is 8.95. The van der Waals surface area contributed by atoms with E-state index in [0.717, 1.165) is 12.8 Å². The molecule has 0 aromatic heterocycles. The zero-order valence-corrected chi connectivity index (χ0v) is 11.9. The summed E-state index contributed by atoms with van der Waals surface area (Å²) >= 11 is 0. The minimum atomic E-state index is -1.33. The smallest absolute Gasteiger partial charge is 0.460 e. The minimum absolute atomic E-state index is 0.198. The zero-order chi connectivity index (χ0) is 14.2. The lowest BCUT2D eigenvalue weighted by molar-refractivity contribution is -0.169. The summed E-state index contributed by atoms with van der Waals surface area (Å²) in [4.78, 5) is 23.1. The number of rotatable bonds is 7. The van der Waals surface area contributed by atoms with Crippen LogP contribution >= 0.6 is 0 Å². The Bertz CT molecular complexity index is 273. The fourth-order valence-electron chi connectivity index (χ4n) is 0.987. The molecular formula is C13H24O5. The molecule has 0 fully saturated rings. The first-order valence-corrected chi connectivity index (χ1v) is 6.40. The van der Waals surface area contributed by atoms with Crippen LogP contribution < -0.4 is 0 Å². The fourth-order valence-corrected chi connectivity index (χ4v) is 0.987. The van der Waals surface area contributed by atoms with Crippen LogP contribution in [-0.4, -0.2) is 30.4 Å². The predicted octanol–water partition coefficient (Wildman–Crippen LogP) is 3.06. The molecule has 1 unspecified atom stereocenters. The van der Waals surface area contributed by atoms with E-state index in [9.17, 15) is 9.59 Å². The van der Waals surface area contributed by atoms with Crippen molar-refractivity contribution in [1.29, 1.82) is 0 Å². The maximum atomic E-state index is 11.7. The fraction of sp³-hybridized carbons (Fsp3) is 0.846. The van der Waals surface area contributed by atoms with Crippen LogP contribution in [0.25, 0.3) is 0 Å². The Kier molecular flexibility index (Phi) is 7.39. The molecule has 0 heterocycles. The lowest BCUT2D eigenvalue weighted by atomic mass is 10.1. The van der Waals surface area contributed by atoms with Gasteiger partial charge in [-0.1, -0.05) is 20.3 Å². The summed E-state index contributed by atoms with van der Waals surface area (Å²) in [5.74, 6) is -0.565. The van der Waals surface area contributed by atoms with Crippen LogP contribution in [0.4, 0.5) is 4.79 Å². The molecule has 5 nitrogen and oxygen atoms in total. The van der Waals surface area contributed by atoms with Gasteiger partial charge in [0.2, 0.25) is 5.60 Å². The first-order valence-electron chi connectivity index (χ1n) is 6.40. The molecule has 0 aromatic rings. The van der Waals surface area contributed by atoms with Crippen LogP contribution in [0.1, 0.15) is 53.9 Å². The molecule has 0 aliphatic carbocycles. The van der Waals surface area contributed by atoms with E-state index in [1.165, 1.54) is 13.8 Å². The highest BCUT2D eigenvalue weighted by Crippen LogP contribution is 2.15. The van der Waals surface area contributed by atoms with Crippen molar-refractivity contribution in [2.45, 2.75) is 65.6 Å². The average Bonchev–Trinajstić information content (AvgIpc) is 2.28. The molecule has 0 saturated carbocycles. The van der Waals surface area contributed by atoms with E-state index in [4.69, 9.17) is 14.2 Å². The maximum Gasteiger partial charge on any atom is 0.509 e. The third-order valence-corrected chi connectivity index (χ3v) is 2.43. The standard InChI is InChI=1S/C13H24O5/c1-6-8-9-16-12(15)18-13(4,5)11(14)17-10(3)7-2/h10H,6-9H2,1-5H3. The van der Waals surface area contributed by atoms with E-state index >= 15 is 0 Å². The van der Waals surface area contributed by atoms with E-state index in [1.54, 1.807) is 6.92 Å². The van der Waals surface area contributed by atoms with Crippen molar-refractivity contribution in [2.24, 2.45) is 0 Å². The molecule has 0 aliphatic rings. The van der Waals surface area contributed by atoms with Crippen LogP contribution in [0.15, 0.2) is 0 Å². The Hall–Kier alpha value is -1.26. The Morgan fingerprint density at radius 3 is 2.33 bits per heavy atom. The Balaban J connectivity index is 4.19. The third-order valence-electron chi connectivity index (χ3n) is 2.43. The van der Waals surface area contributed by atoms with Crippen molar-refractivity contribution in [1.82, 2.24) is 0 Å². The molecule has 0 aromatic carbocycles. The van der Waals surface area contributed by atoms with E-state index in [-0.39, 0.29) is 6.10 Å². The van der Waals surface area contributed by atoms with Gasteiger partial charge in [-0.15, -0.1) is 0 Å². The SMILES string of the molecule is CCCCOC(=O)OC(C)(C)C(=O)OC(C)CC. The first-order chi connectivity index (χ1) is 8.33. The third kappa shape index (κ3) is 6.47. The molecule has 1 atom stereocenters. The Morgan fingerprint density at radius 2 is 1.83 bits per heavy atom. The molecule has 5 heteroatoms. The van der Waals surface area contributed by atoms with E-state index in [1.807, 2.05) is 13.8 Å². The van der Waals surface area contributed by atoms with Gasteiger partial charge >= 0.3 is 12.1 Å². The second-order valence-electron chi connectivity index (χ2n) is 4.69. The highest BCUT2D eigenvalue weighted by atomic mass is 16.7. The van der Waals surface area contributed by atoms with Gasteiger partial charge in [0.1, 0.15) is 0 Å². The summed E-state index contributed by atoms with van der Waals surface area (Å²) in [6, 6.07) is 0. The van der Waals surface area contributed by atoms with E-state index in [2.05, 4.69) is 0 Å². The zero-order valence-electron chi connectivity index (χ0n) is 11.9. The van der Waals surface area contributed by atoms with Gasteiger partial charge in [0, 0.05) is 0 Å². The Labute approximate surface area is 109 Å². The molecule has 0 bridgehead atoms. The monoisotopic (exact) mass is 260 g/mol. The van der Waals surface area contributed by atoms with Crippen LogP contribution in [0.3, 0.4) is 0 Å². The van der Waals surface area contributed by atoms with E-state index in [0.29, 0.717) is 13.0 Å². The van der Waals surface area contributed by atoms with Crippen molar-refractivity contribution in [2.75, 3.05) is 6.61 Å². The Morgan fingerprint density at radius 1 is 1.22 bits per heavy atom. The summed E-state index contributed by atoms with van der Waals surface area (Å²) in [5.41, 5.74) is -1.33. The van der Waals surface area contributed by atoms with Gasteiger partial charge in [0.25, 0.3) is 0 Å². The number of ether oxygens (including phenoxy) is 3. The highest BCUT2D eigenvalue weighted by Gasteiger charge is 2.35. The van der Waals surface area contributed by atoms with Crippen molar-refractivity contribution in [3.8, 4) is 0 Å². The second-order valence-corrected chi connectivity index (χ2v) is 4.69. The van der Waals surface area contributed by atoms with Crippen molar-refractivity contribution < 1.29 is 23.8 Å². The van der Waals surface area contributed by atoms with Crippen LogP contribution in [0.5, 0.6) is 0 Å². The molecule has 0 N–H and O–H groups in total. The van der Waals surface area contributed by atoms with Gasteiger partial charge in [-0.05, 0) is 33.6 Å². The molecule has 0 rings (SSSR count). The molecule has 18 heavy (non-hydrogen) atoms. The molecule has 0 aliphatic heterocycles. The summed E-state index contributed by atoms with van der Waals surface area (Å²) in [7, 11) is 0. The van der Waals surface area contributed by atoms with Gasteiger partial charge in [0.05, 0.1) is 12.7 Å². The second kappa shape index (κ2) is 7.95. The number of unbranched alkanes of at least 4 members (excludes halogenated alkanes) is 1. The lowest BCUT2D eigenvalue weighted by Crippen LogP contribution is -2.40. The quantitative estimate of drug-likeness (QED) is 0.520. The lowest BCUT2D eigenvalue weighted by Gasteiger charge is -2.24. The summed E-state index contributed by atoms with van der Waals surface area (Å²) in [5, 5.41) is 0. The predicted molar refractivity (Wildman–Crippen MR) is 67.3 cm³/mol. The molecule has 0 amide bonds. The topological polar surface area (TPSA) is 61.8 Å². The van der Waals surface area contributed by atoms with Gasteiger partial charge in [-0.25, -0.2) is 9.59 Å². The summed E-state index contributed by atoms with van der Waals surface area (Å²) < 4.78 is 14.9. The molecular weight excluding hydrogens is 236 g/mol. The van der Waals surface area contributed by atoms with E-state index < -0.39 is 17.7 Å². The van der Waals surface area contributed by atoms with Crippen molar-refractivity contribution in [3.63, 3.8) is 0 Å². The molecule has 0 radical (unpaired) electrons. The number of carbonyl (C=O) groups is 2. The van der Waals surface area contributed by atoms with Crippen LogP contribution in [-0.2, 0) is 19.0 Å². The summed E-state index contributed by atoms with van der Waals surface area (Å²) in [6.07, 6.45) is 1.37. The van der Waals surface area contributed by atoms with Crippen molar-refractivity contribution in [3.05, 3.63) is 0 Å². The highest BCUT2D eigenvalue weighted by molar-refractivity contribution is 5.81. The number of hydrogen-bond acceptors (Lipinski definition) is 5. The largest absolute Gasteiger partial charge is 0.509 e. The van der Waals surface area contributed by atoms with Crippen LogP contribution in [0.2, 0.25) is 0 Å². The minimum Gasteiger partial charge on any atom is -0.460 e. The van der Waals surface area contributed by atoms with Gasteiger partial charge in [-0.2, -0.15) is 0 Å². The maximum absolute atomic E-state index is 11.7. The average molecular weight is 260 g/mol. The first kappa shape index (κ1) is 16.7.